The van der Waals surface area contributed by atoms with Crippen LogP contribution in [0, 0.1) is 0 Å². The molecule has 0 radical (unpaired) electrons. The zero-order valence-electron chi connectivity index (χ0n) is 16.8. The lowest BCUT2D eigenvalue weighted by Crippen LogP contribution is -3.11. The van der Waals surface area contributed by atoms with Crippen LogP contribution in [0.5, 0.6) is 0 Å². The molecule has 1 unspecified atom stereocenters. The molecular formula is C24H25ClN3O2+. The highest BCUT2D eigenvalue weighted by atomic mass is 35.5. The van der Waals surface area contributed by atoms with Crippen molar-refractivity contribution in [1.82, 2.24) is 5.32 Å². The molecule has 0 aliphatic heterocycles. The largest absolute Gasteiger partial charge is 0.340 e. The molecule has 5 nitrogen and oxygen atoms in total. The van der Waals surface area contributed by atoms with Gasteiger partial charge in [-0.15, -0.1) is 0 Å². The van der Waals surface area contributed by atoms with Crippen LogP contribution in [-0.4, -0.2) is 32.0 Å². The summed E-state index contributed by atoms with van der Waals surface area (Å²) in [6.45, 7) is 0.325. The number of para-hydroxylation sites is 1. The Balaban J connectivity index is 1.60. The minimum absolute atomic E-state index is 0.129. The number of hydrogen-bond acceptors (Lipinski definition) is 2. The molecule has 0 bridgehead atoms. The zero-order valence-corrected chi connectivity index (χ0v) is 17.5. The summed E-state index contributed by atoms with van der Waals surface area (Å²) in [6.07, 6.45) is 0. The molecule has 0 saturated carbocycles. The van der Waals surface area contributed by atoms with Gasteiger partial charge in [0, 0.05) is 0 Å². The summed E-state index contributed by atoms with van der Waals surface area (Å²) in [5.74, 6) is -0.327. The van der Waals surface area contributed by atoms with Crippen molar-refractivity contribution >= 4 is 29.1 Å². The first-order valence-electron chi connectivity index (χ1n) is 9.78. The third-order valence-corrected chi connectivity index (χ3v) is 4.97. The second-order valence-corrected chi connectivity index (χ2v) is 7.57. The summed E-state index contributed by atoms with van der Waals surface area (Å²) in [7, 11) is 1.81. The Morgan fingerprint density at radius 3 is 1.87 bits per heavy atom. The van der Waals surface area contributed by atoms with Crippen molar-refractivity contribution in [2.45, 2.75) is 6.04 Å². The summed E-state index contributed by atoms with van der Waals surface area (Å²) >= 11 is 6.08. The lowest BCUT2D eigenvalue weighted by molar-refractivity contribution is -0.862. The fourth-order valence-electron chi connectivity index (χ4n) is 3.23. The Hall–Kier alpha value is -3.15. The number of benzene rings is 3. The first-order valence-corrected chi connectivity index (χ1v) is 10.2. The van der Waals surface area contributed by atoms with E-state index in [1.165, 1.54) is 0 Å². The van der Waals surface area contributed by atoms with E-state index in [1.807, 2.05) is 67.7 Å². The number of nitrogens with one attached hydrogen (secondary N) is 3. The molecule has 3 aromatic rings. The van der Waals surface area contributed by atoms with E-state index >= 15 is 0 Å². The van der Waals surface area contributed by atoms with Crippen molar-refractivity contribution in [2.24, 2.45) is 0 Å². The van der Waals surface area contributed by atoms with Gasteiger partial charge in [-0.3, -0.25) is 9.59 Å². The predicted molar refractivity (Wildman–Crippen MR) is 120 cm³/mol. The summed E-state index contributed by atoms with van der Waals surface area (Å²) < 4.78 is 0. The van der Waals surface area contributed by atoms with Crippen LogP contribution < -0.4 is 15.5 Å². The van der Waals surface area contributed by atoms with E-state index in [0.29, 0.717) is 10.7 Å². The first-order chi connectivity index (χ1) is 14.5. The highest BCUT2D eigenvalue weighted by Crippen LogP contribution is 2.21. The second-order valence-electron chi connectivity index (χ2n) is 7.16. The maximum atomic E-state index is 12.7. The van der Waals surface area contributed by atoms with Gasteiger partial charge in [-0.05, 0) is 23.3 Å². The molecule has 30 heavy (non-hydrogen) atoms. The number of rotatable bonds is 8. The van der Waals surface area contributed by atoms with Crippen molar-refractivity contribution in [3.05, 3.63) is 101 Å². The maximum Gasteiger partial charge on any atom is 0.279 e. The van der Waals surface area contributed by atoms with Gasteiger partial charge in [0.1, 0.15) is 0 Å². The molecule has 0 saturated heterocycles. The first kappa shape index (κ1) is 21.6. The highest BCUT2D eigenvalue weighted by molar-refractivity contribution is 6.33. The monoisotopic (exact) mass is 422 g/mol. The van der Waals surface area contributed by atoms with Gasteiger partial charge in [-0.1, -0.05) is 84.4 Å². The van der Waals surface area contributed by atoms with Gasteiger partial charge in [0.2, 0.25) is 0 Å². The summed E-state index contributed by atoms with van der Waals surface area (Å²) in [6, 6.07) is 26.5. The van der Waals surface area contributed by atoms with E-state index in [4.69, 9.17) is 11.6 Å². The van der Waals surface area contributed by atoms with Crippen LogP contribution in [0.3, 0.4) is 0 Å². The van der Waals surface area contributed by atoms with Gasteiger partial charge >= 0.3 is 0 Å². The molecule has 0 heterocycles. The molecule has 3 N–H and O–H groups in total. The number of likely N-dealkylation sites (N-methyl/N-ethyl adjacent to an activating group) is 1. The average Bonchev–Trinajstić information content (AvgIpc) is 2.75. The quantitative estimate of drug-likeness (QED) is 0.522. The van der Waals surface area contributed by atoms with E-state index < -0.39 is 0 Å². The van der Waals surface area contributed by atoms with Crippen molar-refractivity contribution in [3.8, 4) is 0 Å². The van der Waals surface area contributed by atoms with Crippen LogP contribution >= 0.6 is 11.6 Å². The van der Waals surface area contributed by atoms with Gasteiger partial charge in [0.25, 0.3) is 11.8 Å². The van der Waals surface area contributed by atoms with Crippen molar-refractivity contribution in [3.63, 3.8) is 0 Å². The molecule has 0 spiro atoms. The Morgan fingerprint density at radius 2 is 1.30 bits per heavy atom. The van der Waals surface area contributed by atoms with Crippen LogP contribution in [0.4, 0.5) is 5.69 Å². The molecular weight excluding hydrogens is 398 g/mol. The minimum atomic E-state index is -0.246. The van der Waals surface area contributed by atoms with E-state index in [1.54, 1.807) is 24.3 Å². The van der Waals surface area contributed by atoms with Gasteiger partial charge in [-0.2, -0.15) is 0 Å². The van der Waals surface area contributed by atoms with Crippen LogP contribution in [0.15, 0.2) is 84.9 Å². The Bertz CT molecular complexity index is 941. The van der Waals surface area contributed by atoms with E-state index in [9.17, 15) is 9.59 Å². The van der Waals surface area contributed by atoms with Crippen molar-refractivity contribution in [2.75, 3.05) is 25.5 Å². The van der Waals surface area contributed by atoms with Gasteiger partial charge in [0.15, 0.2) is 13.1 Å². The molecule has 154 valence electrons. The number of carbonyl (C=O) groups is 2. The normalized spacial score (nSPS) is 11.7. The molecule has 6 heteroatoms. The van der Waals surface area contributed by atoms with Gasteiger partial charge < -0.3 is 15.5 Å². The van der Waals surface area contributed by atoms with E-state index in [2.05, 4.69) is 10.6 Å². The number of halogens is 1. The zero-order chi connectivity index (χ0) is 21.3. The molecule has 0 aliphatic carbocycles. The Morgan fingerprint density at radius 1 is 0.800 bits per heavy atom. The number of carbonyl (C=O) groups excluding carboxylic acids is 2. The Labute approximate surface area is 181 Å². The molecule has 0 fully saturated rings. The van der Waals surface area contributed by atoms with Crippen molar-refractivity contribution in [1.29, 1.82) is 0 Å². The molecule has 1 atom stereocenters. The molecule has 3 aromatic carbocycles. The van der Waals surface area contributed by atoms with Crippen molar-refractivity contribution < 1.29 is 14.5 Å². The molecule has 3 rings (SSSR count). The molecule has 0 aliphatic rings. The van der Waals surface area contributed by atoms with Crippen LogP contribution in [0.1, 0.15) is 17.2 Å². The number of amides is 2. The lowest BCUT2D eigenvalue weighted by Gasteiger charge is -2.21. The summed E-state index contributed by atoms with van der Waals surface area (Å²) in [4.78, 5) is 25.8. The van der Waals surface area contributed by atoms with Gasteiger partial charge in [-0.25, -0.2) is 0 Å². The predicted octanol–water partition coefficient (Wildman–Crippen LogP) is 2.70. The third-order valence-electron chi connectivity index (χ3n) is 4.64. The number of hydrogen-bond donors (Lipinski definition) is 3. The third kappa shape index (κ3) is 6.17. The van der Waals surface area contributed by atoms with Crippen LogP contribution in [0.25, 0.3) is 0 Å². The average molecular weight is 423 g/mol. The second kappa shape index (κ2) is 10.6. The molecule has 2 amide bonds. The maximum absolute atomic E-state index is 12.7. The van der Waals surface area contributed by atoms with E-state index in [-0.39, 0.29) is 30.9 Å². The SMILES string of the molecule is C[NH+](CC(=O)Nc1ccccc1Cl)CC(=O)NC(c1ccccc1)c1ccccc1. The summed E-state index contributed by atoms with van der Waals surface area (Å²) in [5.41, 5.74) is 2.58. The Kier molecular flexibility index (Phi) is 7.60. The number of quaternary nitrogens is 1. The van der Waals surface area contributed by atoms with Crippen LogP contribution in [-0.2, 0) is 9.59 Å². The van der Waals surface area contributed by atoms with Crippen LogP contribution in [0.2, 0.25) is 5.02 Å². The summed E-state index contributed by atoms with van der Waals surface area (Å²) in [5, 5.41) is 6.36. The fraction of sp³-hybridized carbons (Fsp3) is 0.167. The molecule has 0 aromatic heterocycles. The standard InChI is InChI=1S/C24H24ClN3O2/c1-28(16-22(29)26-21-15-9-8-14-20(21)25)17-23(30)27-24(18-10-4-2-5-11-18)19-12-6-3-7-13-19/h2-15,24H,16-17H2,1H3,(H,26,29)(H,27,30)/p+1. The van der Waals surface area contributed by atoms with E-state index in [0.717, 1.165) is 16.0 Å². The lowest BCUT2D eigenvalue weighted by atomic mass is 9.99. The topological polar surface area (TPSA) is 62.6 Å². The smallest absolute Gasteiger partial charge is 0.279 e. The van der Waals surface area contributed by atoms with Gasteiger partial charge in [0.05, 0.1) is 23.8 Å². The fourth-order valence-corrected chi connectivity index (χ4v) is 3.41. The highest BCUT2D eigenvalue weighted by Gasteiger charge is 2.20. The number of anilines is 1. The minimum Gasteiger partial charge on any atom is -0.340 e.